The molecular weight excluding hydrogens is 320 g/mol. The summed E-state index contributed by atoms with van der Waals surface area (Å²) < 4.78 is 0. The standard InChI is InChI=1S/C17H22N6O2/c1-22(2)16-12-5-8-23(17(25)13(18)10-24)9-14(12)20-15(21-16)11-3-6-19-7-4-11/h3-4,6-7,13,24H,5,8-10,18H2,1-2H3/t13-/m1/s1. The van der Waals surface area contributed by atoms with Crippen LogP contribution in [-0.2, 0) is 17.8 Å². The molecule has 2 aromatic rings. The van der Waals surface area contributed by atoms with Crippen molar-refractivity contribution in [2.24, 2.45) is 5.73 Å². The van der Waals surface area contributed by atoms with E-state index in [1.807, 2.05) is 31.1 Å². The van der Waals surface area contributed by atoms with Gasteiger partial charge < -0.3 is 20.6 Å². The van der Waals surface area contributed by atoms with Crippen molar-refractivity contribution in [1.82, 2.24) is 19.9 Å². The van der Waals surface area contributed by atoms with E-state index in [4.69, 9.17) is 15.8 Å². The third-order valence-electron chi connectivity index (χ3n) is 4.23. The molecule has 0 aliphatic carbocycles. The number of hydrogen-bond acceptors (Lipinski definition) is 7. The van der Waals surface area contributed by atoms with Gasteiger partial charge in [-0.1, -0.05) is 0 Å². The monoisotopic (exact) mass is 342 g/mol. The number of pyridine rings is 1. The molecule has 0 unspecified atom stereocenters. The summed E-state index contributed by atoms with van der Waals surface area (Å²) in [4.78, 5) is 29.3. The Bertz CT molecular complexity index is 765. The third-order valence-corrected chi connectivity index (χ3v) is 4.23. The Kier molecular flexibility index (Phi) is 4.91. The molecule has 2 aromatic heterocycles. The van der Waals surface area contributed by atoms with E-state index in [9.17, 15) is 4.79 Å². The second-order valence-electron chi connectivity index (χ2n) is 6.23. The van der Waals surface area contributed by atoms with Gasteiger partial charge in [-0.15, -0.1) is 0 Å². The van der Waals surface area contributed by atoms with Gasteiger partial charge in [0.25, 0.3) is 0 Å². The predicted molar refractivity (Wildman–Crippen MR) is 93.8 cm³/mol. The van der Waals surface area contributed by atoms with E-state index in [0.717, 1.165) is 22.6 Å². The van der Waals surface area contributed by atoms with Gasteiger partial charge in [0, 0.05) is 44.2 Å². The molecule has 132 valence electrons. The fraction of sp³-hybridized carbons (Fsp3) is 0.412. The van der Waals surface area contributed by atoms with Crippen molar-refractivity contribution in [2.45, 2.75) is 19.0 Å². The Morgan fingerprint density at radius 2 is 2.08 bits per heavy atom. The minimum atomic E-state index is -0.892. The van der Waals surface area contributed by atoms with Crippen LogP contribution >= 0.6 is 0 Å². The van der Waals surface area contributed by atoms with Crippen LogP contribution in [0.5, 0.6) is 0 Å². The number of aromatic nitrogens is 3. The average molecular weight is 342 g/mol. The number of aliphatic hydroxyl groups is 1. The van der Waals surface area contributed by atoms with E-state index in [2.05, 4.69) is 9.97 Å². The van der Waals surface area contributed by atoms with Crippen molar-refractivity contribution >= 4 is 11.7 Å². The number of nitrogens with two attached hydrogens (primary N) is 1. The predicted octanol–water partition coefficient (Wildman–Crippen LogP) is -0.191. The first kappa shape index (κ1) is 17.2. The van der Waals surface area contributed by atoms with Crippen molar-refractivity contribution in [1.29, 1.82) is 0 Å². The van der Waals surface area contributed by atoms with Crippen LogP contribution in [0.25, 0.3) is 11.4 Å². The molecule has 1 amide bonds. The summed E-state index contributed by atoms with van der Waals surface area (Å²) in [6.45, 7) is 0.541. The molecule has 0 saturated carbocycles. The van der Waals surface area contributed by atoms with Gasteiger partial charge in [0.1, 0.15) is 11.9 Å². The molecule has 0 aromatic carbocycles. The lowest BCUT2D eigenvalue weighted by atomic mass is 10.0. The van der Waals surface area contributed by atoms with Gasteiger partial charge in [-0.05, 0) is 18.6 Å². The Labute approximate surface area is 146 Å². The number of carbonyl (C=O) groups excluding carboxylic acids is 1. The fourth-order valence-corrected chi connectivity index (χ4v) is 2.91. The van der Waals surface area contributed by atoms with E-state index in [1.54, 1.807) is 17.3 Å². The van der Waals surface area contributed by atoms with Gasteiger partial charge in [-0.2, -0.15) is 0 Å². The number of fused-ring (bicyclic) bond motifs is 1. The van der Waals surface area contributed by atoms with Gasteiger partial charge >= 0.3 is 0 Å². The molecule has 0 spiro atoms. The van der Waals surface area contributed by atoms with E-state index in [-0.39, 0.29) is 12.5 Å². The molecule has 3 N–H and O–H groups in total. The zero-order chi connectivity index (χ0) is 18.0. The van der Waals surface area contributed by atoms with Crippen LogP contribution in [0, 0.1) is 0 Å². The molecule has 0 radical (unpaired) electrons. The minimum absolute atomic E-state index is 0.261. The zero-order valence-electron chi connectivity index (χ0n) is 14.4. The highest BCUT2D eigenvalue weighted by molar-refractivity contribution is 5.82. The summed E-state index contributed by atoms with van der Waals surface area (Å²) in [5.74, 6) is 1.20. The van der Waals surface area contributed by atoms with Crippen LogP contribution in [0.3, 0.4) is 0 Å². The number of rotatable bonds is 4. The smallest absolute Gasteiger partial charge is 0.242 e. The summed E-state index contributed by atoms with van der Waals surface area (Å²) >= 11 is 0. The summed E-state index contributed by atoms with van der Waals surface area (Å²) in [7, 11) is 3.89. The number of anilines is 1. The largest absolute Gasteiger partial charge is 0.394 e. The summed E-state index contributed by atoms with van der Waals surface area (Å²) in [6.07, 6.45) is 4.05. The highest BCUT2D eigenvalue weighted by Crippen LogP contribution is 2.28. The molecule has 25 heavy (non-hydrogen) atoms. The van der Waals surface area contributed by atoms with Crippen LogP contribution in [-0.4, -0.2) is 64.2 Å². The summed E-state index contributed by atoms with van der Waals surface area (Å²) in [6, 6.07) is 2.82. The van der Waals surface area contributed by atoms with Crippen molar-refractivity contribution in [2.75, 3.05) is 32.1 Å². The number of aliphatic hydroxyl groups excluding tert-OH is 1. The number of hydrogen-bond donors (Lipinski definition) is 2. The average Bonchev–Trinajstić information content (AvgIpc) is 2.65. The quantitative estimate of drug-likeness (QED) is 0.792. The lowest BCUT2D eigenvalue weighted by Crippen LogP contribution is -2.47. The summed E-state index contributed by atoms with van der Waals surface area (Å²) in [5.41, 5.74) is 8.41. The Hall–Kier alpha value is -2.58. The lowest BCUT2D eigenvalue weighted by Gasteiger charge is -2.31. The van der Waals surface area contributed by atoms with Crippen LogP contribution in [0.2, 0.25) is 0 Å². The Morgan fingerprint density at radius 3 is 2.72 bits per heavy atom. The first-order chi connectivity index (χ1) is 12.0. The second kappa shape index (κ2) is 7.12. The van der Waals surface area contributed by atoms with Crippen molar-refractivity contribution in [3.8, 4) is 11.4 Å². The van der Waals surface area contributed by atoms with E-state index in [1.165, 1.54) is 0 Å². The fourth-order valence-electron chi connectivity index (χ4n) is 2.91. The third kappa shape index (κ3) is 3.45. The van der Waals surface area contributed by atoms with E-state index >= 15 is 0 Å². The second-order valence-corrected chi connectivity index (χ2v) is 6.23. The zero-order valence-corrected chi connectivity index (χ0v) is 14.4. The molecule has 3 rings (SSSR count). The van der Waals surface area contributed by atoms with Gasteiger partial charge in [0.2, 0.25) is 5.91 Å². The Morgan fingerprint density at radius 1 is 1.36 bits per heavy atom. The maximum atomic E-state index is 12.3. The first-order valence-electron chi connectivity index (χ1n) is 8.14. The molecule has 0 saturated heterocycles. The molecule has 1 aliphatic rings. The number of nitrogens with zero attached hydrogens (tertiary/aromatic N) is 5. The molecule has 8 heteroatoms. The highest BCUT2D eigenvalue weighted by Gasteiger charge is 2.28. The maximum Gasteiger partial charge on any atom is 0.242 e. The molecule has 3 heterocycles. The van der Waals surface area contributed by atoms with Crippen LogP contribution in [0.4, 0.5) is 5.82 Å². The molecule has 0 fully saturated rings. The van der Waals surface area contributed by atoms with Gasteiger partial charge in [0.15, 0.2) is 5.82 Å². The lowest BCUT2D eigenvalue weighted by molar-refractivity contribution is -0.134. The maximum absolute atomic E-state index is 12.3. The first-order valence-corrected chi connectivity index (χ1v) is 8.14. The molecular formula is C17H22N6O2. The van der Waals surface area contributed by atoms with Crippen molar-refractivity contribution < 1.29 is 9.90 Å². The SMILES string of the molecule is CN(C)c1nc(-c2ccncc2)nc2c1CCN(C(=O)[C@H](N)CO)C2. The minimum Gasteiger partial charge on any atom is -0.394 e. The van der Waals surface area contributed by atoms with Crippen molar-refractivity contribution in [3.05, 3.63) is 35.8 Å². The topological polar surface area (TPSA) is 108 Å². The van der Waals surface area contributed by atoms with Crippen LogP contribution in [0.1, 0.15) is 11.3 Å². The van der Waals surface area contributed by atoms with E-state index < -0.39 is 6.04 Å². The van der Waals surface area contributed by atoms with E-state index in [0.29, 0.717) is 25.3 Å². The van der Waals surface area contributed by atoms with Crippen LogP contribution in [0.15, 0.2) is 24.5 Å². The van der Waals surface area contributed by atoms with Gasteiger partial charge in [-0.3, -0.25) is 9.78 Å². The molecule has 0 bridgehead atoms. The summed E-state index contributed by atoms with van der Waals surface area (Å²) in [5, 5.41) is 9.13. The normalized spacial score (nSPS) is 14.8. The van der Waals surface area contributed by atoms with Crippen LogP contribution < -0.4 is 10.6 Å². The number of carbonyl (C=O) groups is 1. The molecule has 8 nitrogen and oxygen atoms in total. The van der Waals surface area contributed by atoms with Crippen molar-refractivity contribution in [3.63, 3.8) is 0 Å². The molecule has 1 aliphatic heterocycles. The highest BCUT2D eigenvalue weighted by atomic mass is 16.3. The Balaban J connectivity index is 2.00. The molecule has 1 atom stereocenters. The number of amides is 1. The van der Waals surface area contributed by atoms with Gasteiger partial charge in [-0.25, -0.2) is 9.97 Å². The van der Waals surface area contributed by atoms with Gasteiger partial charge in [0.05, 0.1) is 18.8 Å².